The number of methoxy groups -OCH3 is 1. The van der Waals surface area contributed by atoms with Gasteiger partial charge in [0.1, 0.15) is 0 Å². The maximum absolute atomic E-state index is 11.8. The van der Waals surface area contributed by atoms with Crippen LogP contribution >= 0.6 is 0 Å². The Labute approximate surface area is 126 Å². The van der Waals surface area contributed by atoms with Crippen LogP contribution in [0.25, 0.3) is 0 Å². The van der Waals surface area contributed by atoms with Crippen LogP contribution in [0.1, 0.15) is 12.8 Å². The number of hydrogen-bond donors (Lipinski definition) is 2. The first-order valence-corrected chi connectivity index (χ1v) is 7.52. The summed E-state index contributed by atoms with van der Waals surface area (Å²) in [6.45, 7) is 3.14. The smallest absolute Gasteiger partial charge is 0.222 e. The quantitative estimate of drug-likeness (QED) is 0.786. The Balaban J connectivity index is 1.72. The van der Waals surface area contributed by atoms with E-state index in [0.717, 1.165) is 26.1 Å². The van der Waals surface area contributed by atoms with Gasteiger partial charge < -0.3 is 20.7 Å². The molecule has 1 saturated heterocycles. The van der Waals surface area contributed by atoms with Gasteiger partial charge >= 0.3 is 0 Å². The lowest BCUT2D eigenvalue weighted by Gasteiger charge is -2.19. The molecule has 116 valence electrons. The third kappa shape index (κ3) is 4.72. The van der Waals surface area contributed by atoms with Crippen molar-refractivity contribution in [1.29, 1.82) is 0 Å². The molecule has 0 bridgehead atoms. The first-order valence-electron chi connectivity index (χ1n) is 7.52. The summed E-state index contributed by atoms with van der Waals surface area (Å²) >= 11 is 0. The number of nitrogens with zero attached hydrogens (tertiary/aromatic N) is 1. The first-order chi connectivity index (χ1) is 10.2. The van der Waals surface area contributed by atoms with Gasteiger partial charge in [0.2, 0.25) is 5.91 Å². The standard InChI is InChI=1S/C16H25N3O2/c1-21-15(10-17)9-16(20)18-11-13-7-8-19(12-13)14-5-3-2-4-6-14/h2-6,13,15H,7-12,17H2,1H3,(H,18,20). The van der Waals surface area contributed by atoms with Gasteiger partial charge in [0, 0.05) is 39.0 Å². The molecule has 1 aromatic rings. The maximum Gasteiger partial charge on any atom is 0.222 e. The van der Waals surface area contributed by atoms with Gasteiger partial charge in [0.25, 0.3) is 0 Å². The molecular formula is C16H25N3O2. The molecule has 1 aromatic carbocycles. The van der Waals surface area contributed by atoms with Crippen LogP contribution < -0.4 is 16.0 Å². The van der Waals surface area contributed by atoms with Crippen molar-refractivity contribution in [3.05, 3.63) is 30.3 Å². The van der Waals surface area contributed by atoms with E-state index < -0.39 is 0 Å². The lowest BCUT2D eigenvalue weighted by atomic mass is 10.1. The highest BCUT2D eigenvalue weighted by molar-refractivity contribution is 5.76. The second kappa shape index (κ2) is 8.00. The Bertz CT molecular complexity index is 434. The maximum atomic E-state index is 11.8. The van der Waals surface area contributed by atoms with Crippen molar-refractivity contribution >= 4 is 11.6 Å². The molecule has 1 aliphatic rings. The minimum Gasteiger partial charge on any atom is -0.380 e. The highest BCUT2D eigenvalue weighted by Crippen LogP contribution is 2.22. The second-order valence-electron chi connectivity index (χ2n) is 5.54. The third-order valence-electron chi connectivity index (χ3n) is 4.00. The fourth-order valence-electron chi connectivity index (χ4n) is 2.67. The number of hydrogen-bond acceptors (Lipinski definition) is 4. The van der Waals surface area contributed by atoms with Gasteiger partial charge in [-0.3, -0.25) is 4.79 Å². The molecule has 2 unspecified atom stereocenters. The van der Waals surface area contributed by atoms with E-state index >= 15 is 0 Å². The van der Waals surface area contributed by atoms with Gasteiger partial charge in [0.05, 0.1) is 12.5 Å². The zero-order chi connectivity index (χ0) is 15.1. The zero-order valence-corrected chi connectivity index (χ0v) is 12.6. The number of benzene rings is 1. The fourth-order valence-corrected chi connectivity index (χ4v) is 2.67. The fraction of sp³-hybridized carbons (Fsp3) is 0.562. The molecule has 0 saturated carbocycles. The van der Waals surface area contributed by atoms with E-state index in [-0.39, 0.29) is 12.0 Å². The minimum atomic E-state index is -0.186. The molecule has 5 heteroatoms. The van der Waals surface area contributed by atoms with E-state index in [1.54, 1.807) is 7.11 Å². The van der Waals surface area contributed by atoms with Crippen molar-refractivity contribution in [2.75, 3.05) is 38.2 Å². The van der Waals surface area contributed by atoms with E-state index in [1.165, 1.54) is 5.69 Å². The normalized spacial score (nSPS) is 19.5. The first kappa shape index (κ1) is 15.8. The molecule has 1 aliphatic heterocycles. The van der Waals surface area contributed by atoms with E-state index in [2.05, 4.69) is 34.5 Å². The van der Waals surface area contributed by atoms with Crippen molar-refractivity contribution in [3.8, 4) is 0 Å². The Hall–Kier alpha value is -1.59. The van der Waals surface area contributed by atoms with E-state index in [4.69, 9.17) is 10.5 Å². The number of nitrogens with one attached hydrogen (secondary N) is 1. The van der Waals surface area contributed by atoms with Crippen LogP contribution in [-0.2, 0) is 9.53 Å². The highest BCUT2D eigenvalue weighted by atomic mass is 16.5. The molecule has 1 amide bonds. The predicted octanol–water partition coefficient (Wildman–Crippen LogP) is 0.993. The summed E-state index contributed by atoms with van der Waals surface area (Å²) in [6, 6.07) is 10.4. The second-order valence-corrected chi connectivity index (χ2v) is 5.54. The number of amides is 1. The van der Waals surface area contributed by atoms with Crippen LogP contribution in [0.4, 0.5) is 5.69 Å². The lowest BCUT2D eigenvalue weighted by Crippen LogP contribution is -2.35. The van der Waals surface area contributed by atoms with Crippen LogP contribution in [0, 0.1) is 5.92 Å². The molecular weight excluding hydrogens is 266 g/mol. The Morgan fingerprint density at radius 2 is 2.24 bits per heavy atom. The van der Waals surface area contributed by atoms with Crippen LogP contribution in [-0.4, -0.2) is 45.3 Å². The predicted molar refractivity (Wildman–Crippen MR) is 84.2 cm³/mol. The van der Waals surface area contributed by atoms with E-state index in [0.29, 0.717) is 18.9 Å². The largest absolute Gasteiger partial charge is 0.380 e. The van der Waals surface area contributed by atoms with E-state index in [9.17, 15) is 4.79 Å². The summed E-state index contributed by atoms with van der Waals surface area (Å²) in [5.41, 5.74) is 6.78. The van der Waals surface area contributed by atoms with Crippen molar-refractivity contribution in [2.45, 2.75) is 18.9 Å². The summed E-state index contributed by atoms with van der Waals surface area (Å²) in [5.74, 6) is 0.526. The van der Waals surface area contributed by atoms with Crippen molar-refractivity contribution in [1.82, 2.24) is 5.32 Å². The van der Waals surface area contributed by atoms with Crippen molar-refractivity contribution in [2.24, 2.45) is 11.7 Å². The Morgan fingerprint density at radius 1 is 1.48 bits per heavy atom. The number of para-hydroxylation sites is 1. The molecule has 0 spiro atoms. The van der Waals surface area contributed by atoms with Crippen LogP contribution in [0.2, 0.25) is 0 Å². The van der Waals surface area contributed by atoms with Crippen molar-refractivity contribution < 1.29 is 9.53 Å². The highest BCUT2D eigenvalue weighted by Gasteiger charge is 2.23. The SMILES string of the molecule is COC(CN)CC(=O)NCC1CCN(c2ccccc2)C1. The zero-order valence-electron chi connectivity index (χ0n) is 12.6. The molecule has 0 aromatic heterocycles. The van der Waals surface area contributed by atoms with Gasteiger partial charge in [-0.2, -0.15) is 0 Å². The van der Waals surface area contributed by atoms with Crippen molar-refractivity contribution in [3.63, 3.8) is 0 Å². The Morgan fingerprint density at radius 3 is 2.90 bits per heavy atom. The van der Waals surface area contributed by atoms with Crippen LogP contribution in [0.5, 0.6) is 0 Å². The third-order valence-corrected chi connectivity index (χ3v) is 4.00. The number of anilines is 1. The van der Waals surface area contributed by atoms with Gasteiger partial charge in [-0.05, 0) is 24.5 Å². The number of carbonyl (C=O) groups excluding carboxylic acids is 1. The average Bonchev–Trinajstić information content (AvgIpc) is 3.00. The molecule has 0 aliphatic carbocycles. The van der Waals surface area contributed by atoms with Gasteiger partial charge in [-0.25, -0.2) is 0 Å². The van der Waals surface area contributed by atoms with Crippen LogP contribution in [0.15, 0.2) is 30.3 Å². The summed E-state index contributed by atoms with van der Waals surface area (Å²) in [4.78, 5) is 14.2. The molecule has 1 heterocycles. The molecule has 5 nitrogen and oxygen atoms in total. The summed E-state index contributed by atoms with van der Waals surface area (Å²) < 4.78 is 5.12. The number of ether oxygens (including phenoxy) is 1. The molecule has 2 rings (SSSR count). The lowest BCUT2D eigenvalue weighted by molar-refractivity contribution is -0.123. The summed E-state index contributed by atoms with van der Waals surface area (Å²) in [6.07, 6.45) is 1.26. The number of rotatable bonds is 7. The molecule has 3 N–H and O–H groups in total. The van der Waals surface area contributed by atoms with Gasteiger partial charge in [-0.15, -0.1) is 0 Å². The molecule has 2 atom stereocenters. The Kier molecular flexibility index (Phi) is 6.02. The van der Waals surface area contributed by atoms with E-state index in [1.807, 2.05) is 6.07 Å². The number of carbonyl (C=O) groups is 1. The van der Waals surface area contributed by atoms with Gasteiger partial charge in [-0.1, -0.05) is 18.2 Å². The number of nitrogens with two attached hydrogens (primary N) is 1. The summed E-state index contributed by atoms with van der Waals surface area (Å²) in [7, 11) is 1.58. The average molecular weight is 291 g/mol. The monoisotopic (exact) mass is 291 g/mol. The minimum absolute atomic E-state index is 0.0189. The van der Waals surface area contributed by atoms with Crippen LogP contribution in [0.3, 0.4) is 0 Å². The molecule has 21 heavy (non-hydrogen) atoms. The molecule has 1 fully saturated rings. The summed E-state index contributed by atoms with van der Waals surface area (Å²) in [5, 5.41) is 2.99. The van der Waals surface area contributed by atoms with Gasteiger partial charge in [0.15, 0.2) is 0 Å². The molecule has 0 radical (unpaired) electrons. The topological polar surface area (TPSA) is 67.6 Å².